The lowest BCUT2D eigenvalue weighted by Gasteiger charge is -2.36. The van der Waals surface area contributed by atoms with E-state index in [-0.39, 0.29) is 29.4 Å². The fraction of sp³-hybridized carbons (Fsp3) is 0.810. The molecule has 2 N–H and O–H groups in total. The van der Waals surface area contributed by atoms with Crippen LogP contribution in [0.1, 0.15) is 71.5 Å². The molecule has 30 heavy (non-hydrogen) atoms. The number of hydrogen-bond acceptors (Lipinski definition) is 7. The highest BCUT2D eigenvalue weighted by Gasteiger charge is 2.28. The van der Waals surface area contributed by atoms with Crippen LogP contribution in [0.4, 0.5) is 4.79 Å². The number of nitrogens with one attached hydrogen (secondary N) is 2. The van der Waals surface area contributed by atoms with Gasteiger partial charge >= 0.3 is 6.03 Å². The van der Waals surface area contributed by atoms with E-state index in [1.54, 1.807) is 0 Å². The number of amides is 3. The quantitative estimate of drug-likeness (QED) is 0.751. The van der Waals surface area contributed by atoms with Crippen molar-refractivity contribution < 1.29 is 14.1 Å². The predicted molar refractivity (Wildman–Crippen MR) is 113 cm³/mol. The van der Waals surface area contributed by atoms with Crippen LogP contribution in [0.5, 0.6) is 0 Å². The molecule has 168 valence electrons. The monoisotopic (exact) mass is 420 g/mol. The van der Waals surface area contributed by atoms with Gasteiger partial charge in [-0.2, -0.15) is 4.98 Å². The Morgan fingerprint density at radius 3 is 2.40 bits per heavy atom. The summed E-state index contributed by atoms with van der Waals surface area (Å²) in [4.78, 5) is 33.5. The van der Waals surface area contributed by atoms with E-state index in [1.165, 1.54) is 6.42 Å². The first kappa shape index (κ1) is 22.7. The standard InChI is InChI=1S/C21H36N6O3/c1-15(18(28)24-20(29)22-16-8-6-5-7-9-16)27-12-10-26(11-13-27)14-17-23-19(30-25-17)21(2,3)4/h15-16H,5-14H2,1-4H3,(H2,22,24,28,29). The molecule has 2 heterocycles. The molecule has 1 unspecified atom stereocenters. The Balaban J connectivity index is 1.40. The van der Waals surface area contributed by atoms with Crippen LogP contribution in [0.2, 0.25) is 0 Å². The first-order chi connectivity index (χ1) is 14.2. The minimum Gasteiger partial charge on any atom is -0.339 e. The van der Waals surface area contributed by atoms with Crippen LogP contribution in [0.3, 0.4) is 0 Å². The minimum absolute atomic E-state index is 0.157. The summed E-state index contributed by atoms with van der Waals surface area (Å²) in [7, 11) is 0. The first-order valence-electron chi connectivity index (χ1n) is 11.1. The molecule has 1 aliphatic heterocycles. The van der Waals surface area contributed by atoms with Crippen molar-refractivity contribution in [3.05, 3.63) is 11.7 Å². The number of nitrogens with zero attached hydrogens (tertiary/aromatic N) is 4. The zero-order valence-corrected chi connectivity index (χ0v) is 18.7. The molecule has 9 nitrogen and oxygen atoms in total. The summed E-state index contributed by atoms with van der Waals surface area (Å²) in [5.74, 6) is 1.09. The third kappa shape index (κ3) is 6.25. The van der Waals surface area contributed by atoms with Gasteiger partial charge in [0.25, 0.3) is 0 Å². The summed E-state index contributed by atoms with van der Waals surface area (Å²) < 4.78 is 5.36. The third-order valence-electron chi connectivity index (χ3n) is 5.99. The SMILES string of the molecule is CC(C(=O)NC(=O)NC1CCCCC1)N1CCN(Cc2noc(C(C)(C)C)n2)CC1. The van der Waals surface area contributed by atoms with Crippen molar-refractivity contribution >= 4 is 11.9 Å². The Morgan fingerprint density at radius 2 is 1.80 bits per heavy atom. The van der Waals surface area contributed by atoms with E-state index in [2.05, 4.69) is 30.6 Å². The van der Waals surface area contributed by atoms with E-state index < -0.39 is 0 Å². The lowest BCUT2D eigenvalue weighted by Crippen LogP contribution is -2.56. The van der Waals surface area contributed by atoms with Gasteiger partial charge in [-0.15, -0.1) is 0 Å². The molecule has 1 aromatic heterocycles. The Labute approximate surface area is 178 Å². The van der Waals surface area contributed by atoms with Crippen molar-refractivity contribution in [1.29, 1.82) is 0 Å². The lowest BCUT2D eigenvalue weighted by atomic mass is 9.96. The molecule has 0 aromatic carbocycles. The number of imide groups is 1. The predicted octanol–water partition coefficient (Wildman–Crippen LogP) is 2.03. The fourth-order valence-corrected chi connectivity index (χ4v) is 3.98. The molecule has 9 heteroatoms. The molecular formula is C21H36N6O3. The highest BCUT2D eigenvalue weighted by molar-refractivity contribution is 5.96. The molecule has 3 rings (SSSR count). The summed E-state index contributed by atoms with van der Waals surface area (Å²) in [5.41, 5.74) is -0.157. The number of aromatic nitrogens is 2. The van der Waals surface area contributed by atoms with Crippen molar-refractivity contribution in [2.75, 3.05) is 26.2 Å². The highest BCUT2D eigenvalue weighted by Crippen LogP contribution is 2.20. The number of piperazine rings is 1. The second-order valence-corrected chi connectivity index (χ2v) is 9.55. The molecule has 3 amide bonds. The van der Waals surface area contributed by atoms with Gasteiger partial charge in [0, 0.05) is 37.6 Å². The molecule has 1 saturated heterocycles. The van der Waals surface area contributed by atoms with Crippen LogP contribution in [0, 0.1) is 0 Å². The van der Waals surface area contributed by atoms with Crippen LogP contribution in [-0.4, -0.2) is 70.1 Å². The number of hydrogen-bond donors (Lipinski definition) is 2. The summed E-state index contributed by atoms with van der Waals surface area (Å²) in [6.07, 6.45) is 5.50. The van der Waals surface area contributed by atoms with E-state index >= 15 is 0 Å². The summed E-state index contributed by atoms with van der Waals surface area (Å²) >= 11 is 0. The fourth-order valence-electron chi connectivity index (χ4n) is 3.98. The molecule has 0 radical (unpaired) electrons. The number of carbonyl (C=O) groups is 2. The maximum Gasteiger partial charge on any atom is 0.321 e. The van der Waals surface area contributed by atoms with E-state index in [1.807, 2.05) is 27.7 Å². The molecule has 1 aromatic rings. The Kier molecular flexibility index (Phi) is 7.46. The maximum atomic E-state index is 12.5. The van der Waals surface area contributed by atoms with Gasteiger partial charge in [-0.1, -0.05) is 45.2 Å². The summed E-state index contributed by atoms with van der Waals surface area (Å²) in [6, 6.07) is -0.527. The topological polar surface area (TPSA) is 104 Å². The van der Waals surface area contributed by atoms with E-state index in [9.17, 15) is 9.59 Å². The zero-order chi connectivity index (χ0) is 21.7. The molecule has 2 aliphatic rings. The summed E-state index contributed by atoms with van der Waals surface area (Å²) in [6.45, 7) is 11.8. The van der Waals surface area contributed by atoms with Crippen LogP contribution in [0.15, 0.2) is 4.52 Å². The van der Waals surface area contributed by atoms with Gasteiger partial charge in [-0.3, -0.25) is 19.9 Å². The number of urea groups is 1. The third-order valence-corrected chi connectivity index (χ3v) is 5.99. The van der Waals surface area contributed by atoms with Crippen LogP contribution >= 0.6 is 0 Å². The molecule has 1 saturated carbocycles. The first-order valence-corrected chi connectivity index (χ1v) is 11.1. The van der Waals surface area contributed by atoms with Crippen molar-refractivity contribution in [2.45, 2.75) is 83.8 Å². The lowest BCUT2D eigenvalue weighted by molar-refractivity contribution is -0.125. The Bertz CT molecular complexity index is 715. The van der Waals surface area contributed by atoms with Crippen molar-refractivity contribution in [1.82, 2.24) is 30.6 Å². The molecule has 0 spiro atoms. The average Bonchev–Trinajstić information content (AvgIpc) is 3.18. The Morgan fingerprint density at radius 1 is 1.13 bits per heavy atom. The van der Waals surface area contributed by atoms with Crippen molar-refractivity contribution in [2.24, 2.45) is 0 Å². The van der Waals surface area contributed by atoms with Gasteiger partial charge in [-0.05, 0) is 19.8 Å². The van der Waals surface area contributed by atoms with Crippen molar-refractivity contribution in [3.8, 4) is 0 Å². The normalized spacial score (nSPS) is 20.7. The molecule has 0 bridgehead atoms. The van der Waals surface area contributed by atoms with Crippen LogP contribution in [0.25, 0.3) is 0 Å². The highest BCUT2D eigenvalue weighted by atomic mass is 16.5. The largest absolute Gasteiger partial charge is 0.339 e. The molecular weight excluding hydrogens is 384 g/mol. The minimum atomic E-state index is -0.371. The number of carbonyl (C=O) groups excluding carboxylic acids is 2. The van der Waals surface area contributed by atoms with Gasteiger partial charge in [0.2, 0.25) is 11.8 Å². The van der Waals surface area contributed by atoms with Gasteiger partial charge in [0.1, 0.15) is 0 Å². The van der Waals surface area contributed by atoms with Crippen LogP contribution < -0.4 is 10.6 Å². The van der Waals surface area contributed by atoms with Gasteiger partial charge in [0.15, 0.2) is 5.82 Å². The van der Waals surface area contributed by atoms with Gasteiger partial charge < -0.3 is 9.84 Å². The maximum absolute atomic E-state index is 12.5. The summed E-state index contributed by atoms with van der Waals surface area (Å²) in [5, 5.41) is 9.54. The van der Waals surface area contributed by atoms with Crippen LogP contribution in [-0.2, 0) is 16.8 Å². The van der Waals surface area contributed by atoms with E-state index in [4.69, 9.17) is 4.52 Å². The smallest absolute Gasteiger partial charge is 0.321 e. The molecule has 2 fully saturated rings. The number of rotatable bonds is 5. The average molecular weight is 421 g/mol. The molecule has 1 aliphatic carbocycles. The van der Waals surface area contributed by atoms with Crippen molar-refractivity contribution in [3.63, 3.8) is 0 Å². The Hall–Kier alpha value is -2.00. The zero-order valence-electron chi connectivity index (χ0n) is 18.7. The van der Waals surface area contributed by atoms with E-state index in [0.29, 0.717) is 18.3 Å². The van der Waals surface area contributed by atoms with Gasteiger partial charge in [0.05, 0.1) is 12.6 Å². The van der Waals surface area contributed by atoms with E-state index in [0.717, 1.165) is 51.9 Å². The molecule has 1 atom stereocenters. The second kappa shape index (κ2) is 9.87. The second-order valence-electron chi connectivity index (χ2n) is 9.55. The van der Waals surface area contributed by atoms with Gasteiger partial charge in [-0.25, -0.2) is 4.79 Å².